The summed E-state index contributed by atoms with van der Waals surface area (Å²) in [4.78, 5) is 12.8. The maximum Gasteiger partial charge on any atom is 0.313 e. The summed E-state index contributed by atoms with van der Waals surface area (Å²) >= 11 is 0. The third kappa shape index (κ3) is 10.8. The Labute approximate surface area is 211 Å². The first kappa shape index (κ1) is 30.5. The van der Waals surface area contributed by atoms with Crippen LogP contribution in [0.3, 0.4) is 0 Å². The highest BCUT2D eigenvalue weighted by Crippen LogP contribution is 2.41. The van der Waals surface area contributed by atoms with Gasteiger partial charge in [0, 0.05) is 0 Å². The molecule has 1 aromatic rings. The van der Waals surface area contributed by atoms with Crippen LogP contribution in [-0.4, -0.2) is 17.7 Å². The highest BCUT2D eigenvalue weighted by atomic mass is 16.5. The summed E-state index contributed by atoms with van der Waals surface area (Å²) in [6.07, 6.45) is 15.5. The summed E-state index contributed by atoms with van der Waals surface area (Å²) in [6, 6.07) is 3.97. The Morgan fingerprint density at radius 3 is 1.53 bits per heavy atom. The standard InChI is InChI=1S/C31H54O3/c1-9-10-11-12-13-14-15-16-17-18-19-20-21-34-29(33)24(2)25-22-26(30(3,4)5)28(32)27(23-25)31(6,7)8/h22-24,32H,9-21H2,1-8H3. The lowest BCUT2D eigenvalue weighted by Gasteiger charge is -2.29. The molecule has 3 nitrogen and oxygen atoms in total. The van der Waals surface area contributed by atoms with Crippen molar-refractivity contribution in [3.63, 3.8) is 0 Å². The largest absolute Gasteiger partial charge is 0.507 e. The molecular weight excluding hydrogens is 420 g/mol. The third-order valence-corrected chi connectivity index (χ3v) is 6.84. The zero-order chi connectivity index (χ0) is 25.8. The zero-order valence-corrected chi connectivity index (χ0v) is 23.7. The van der Waals surface area contributed by atoms with Crippen LogP contribution < -0.4 is 0 Å². The fraction of sp³-hybridized carbons (Fsp3) is 0.774. The molecule has 0 aromatic heterocycles. The minimum atomic E-state index is -0.347. The van der Waals surface area contributed by atoms with Gasteiger partial charge < -0.3 is 9.84 Å². The van der Waals surface area contributed by atoms with Gasteiger partial charge in [-0.1, -0.05) is 131 Å². The van der Waals surface area contributed by atoms with Crippen LogP contribution in [0.25, 0.3) is 0 Å². The molecule has 3 heteroatoms. The number of hydrogen-bond acceptors (Lipinski definition) is 3. The number of benzene rings is 1. The van der Waals surface area contributed by atoms with E-state index in [4.69, 9.17) is 4.74 Å². The van der Waals surface area contributed by atoms with Crippen LogP contribution in [0.5, 0.6) is 5.75 Å². The van der Waals surface area contributed by atoms with Gasteiger partial charge in [0.25, 0.3) is 0 Å². The molecule has 0 saturated heterocycles. The zero-order valence-electron chi connectivity index (χ0n) is 23.7. The number of carbonyl (C=O) groups excluding carboxylic acids is 1. The number of ether oxygens (including phenoxy) is 1. The monoisotopic (exact) mass is 474 g/mol. The minimum Gasteiger partial charge on any atom is -0.507 e. The summed E-state index contributed by atoms with van der Waals surface area (Å²) < 4.78 is 5.63. The van der Waals surface area contributed by atoms with Crippen LogP contribution in [0.1, 0.15) is 155 Å². The van der Waals surface area contributed by atoms with Gasteiger partial charge in [0.2, 0.25) is 0 Å². The van der Waals surface area contributed by atoms with Crippen molar-refractivity contribution < 1.29 is 14.6 Å². The van der Waals surface area contributed by atoms with Gasteiger partial charge >= 0.3 is 5.97 Å². The van der Waals surface area contributed by atoms with E-state index >= 15 is 0 Å². The molecule has 1 atom stereocenters. The van der Waals surface area contributed by atoms with Crippen molar-refractivity contribution in [2.45, 2.75) is 149 Å². The number of hydrogen-bond donors (Lipinski definition) is 1. The number of aromatic hydroxyl groups is 1. The Hall–Kier alpha value is -1.51. The summed E-state index contributed by atoms with van der Waals surface area (Å²) in [5.74, 6) is -0.172. The Morgan fingerprint density at radius 2 is 1.15 bits per heavy atom. The number of unbranched alkanes of at least 4 members (excludes halogenated alkanes) is 11. The lowest BCUT2D eigenvalue weighted by atomic mass is 9.77. The van der Waals surface area contributed by atoms with E-state index in [1.54, 1.807) is 0 Å². The van der Waals surface area contributed by atoms with E-state index in [1.807, 2.05) is 19.1 Å². The smallest absolute Gasteiger partial charge is 0.313 e. The lowest BCUT2D eigenvalue weighted by molar-refractivity contribution is -0.145. The fourth-order valence-corrected chi connectivity index (χ4v) is 4.43. The molecule has 1 aromatic carbocycles. The quantitative estimate of drug-likeness (QED) is 0.203. The molecule has 196 valence electrons. The third-order valence-electron chi connectivity index (χ3n) is 6.84. The molecule has 0 saturated carbocycles. The molecule has 1 unspecified atom stereocenters. The van der Waals surface area contributed by atoms with E-state index < -0.39 is 0 Å². The summed E-state index contributed by atoms with van der Waals surface area (Å²) in [5.41, 5.74) is 2.27. The molecule has 0 radical (unpaired) electrons. The predicted molar refractivity (Wildman–Crippen MR) is 146 cm³/mol. The maximum atomic E-state index is 12.8. The number of phenols is 1. The van der Waals surface area contributed by atoms with Gasteiger partial charge in [-0.2, -0.15) is 0 Å². The lowest BCUT2D eigenvalue weighted by Crippen LogP contribution is -2.20. The molecule has 0 aliphatic rings. The van der Waals surface area contributed by atoms with Crippen molar-refractivity contribution >= 4 is 5.97 Å². The molecule has 0 bridgehead atoms. The van der Waals surface area contributed by atoms with E-state index in [0.717, 1.165) is 29.5 Å². The first-order chi connectivity index (χ1) is 15.9. The van der Waals surface area contributed by atoms with Gasteiger partial charge in [-0.15, -0.1) is 0 Å². The van der Waals surface area contributed by atoms with Crippen LogP contribution in [0, 0.1) is 0 Å². The average molecular weight is 475 g/mol. The van der Waals surface area contributed by atoms with Gasteiger partial charge in [0.1, 0.15) is 5.75 Å². The summed E-state index contributed by atoms with van der Waals surface area (Å²) in [7, 11) is 0. The Bertz CT molecular complexity index is 686. The minimum absolute atomic E-state index is 0.173. The second-order valence-electron chi connectivity index (χ2n) is 12.2. The van der Waals surface area contributed by atoms with Gasteiger partial charge in [0.05, 0.1) is 12.5 Å². The Kier molecular flexibility index (Phi) is 13.3. The summed E-state index contributed by atoms with van der Waals surface area (Å²) in [6.45, 7) is 17.2. The van der Waals surface area contributed by atoms with E-state index in [2.05, 4.69) is 48.5 Å². The Morgan fingerprint density at radius 1 is 0.765 bits per heavy atom. The molecule has 0 heterocycles. The normalized spacial score (nSPS) is 13.2. The molecule has 0 amide bonds. The number of carbonyl (C=O) groups is 1. The van der Waals surface area contributed by atoms with Crippen molar-refractivity contribution in [2.24, 2.45) is 0 Å². The number of phenolic OH excluding ortho intramolecular Hbond substituents is 1. The summed E-state index contributed by atoms with van der Waals surface area (Å²) in [5, 5.41) is 10.9. The van der Waals surface area contributed by atoms with Gasteiger partial charge in [-0.3, -0.25) is 4.79 Å². The Balaban J connectivity index is 2.44. The van der Waals surface area contributed by atoms with E-state index in [0.29, 0.717) is 12.4 Å². The van der Waals surface area contributed by atoms with E-state index in [9.17, 15) is 9.90 Å². The van der Waals surface area contributed by atoms with E-state index in [1.165, 1.54) is 64.2 Å². The van der Waals surface area contributed by atoms with Crippen LogP contribution in [0.15, 0.2) is 12.1 Å². The van der Waals surface area contributed by atoms with Crippen molar-refractivity contribution in [3.05, 3.63) is 28.8 Å². The molecule has 0 aliphatic heterocycles. The maximum absolute atomic E-state index is 12.8. The van der Waals surface area contributed by atoms with E-state index in [-0.39, 0.29) is 22.7 Å². The van der Waals surface area contributed by atoms with Gasteiger partial charge in [-0.25, -0.2) is 0 Å². The first-order valence-electron chi connectivity index (χ1n) is 13.9. The molecule has 0 fully saturated rings. The second-order valence-corrected chi connectivity index (χ2v) is 12.2. The highest BCUT2D eigenvalue weighted by Gasteiger charge is 2.29. The highest BCUT2D eigenvalue weighted by molar-refractivity contribution is 5.78. The molecule has 0 aliphatic carbocycles. The second kappa shape index (κ2) is 14.8. The molecular formula is C31H54O3. The molecule has 34 heavy (non-hydrogen) atoms. The fourth-order valence-electron chi connectivity index (χ4n) is 4.43. The van der Waals surface area contributed by atoms with Crippen molar-refractivity contribution in [1.29, 1.82) is 0 Å². The van der Waals surface area contributed by atoms with Crippen molar-refractivity contribution in [2.75, 3.05) is 6.61 Å². The first-order valence-corrected chi connectivity index (χ1v) is 13.9. The SMILES string of the molecule is CCCCCCCCCCCCCCOC(=O)C(C)c1cc(C(C)(C)C)c(O)c(C(C)(C)C)c1. The molecule has 1 rings (SSSR count). The van der Waals surface area contributed by atoms with Crippen molar-refractivity contribution in [3.8, 4) is 5.75 Å². The van der Waals surface area contributed by atoms with Crippen LogP contribution in [-0.2, 0) is 20.4 Å². The van der Waals surface area contributed by atoms with Crippen LogP contribution >= 0.6 is 0 Å². The topological polar surface area (TPSA) is 46.5 Å². The van der Waals surface area contributed by atoms with Crippen molar-refractivity contribution in [1.82, 2.24) is 0 Å². The van der Waals surface area contributed by atoms with Crippen LogP contribution in [0.4, 0.5) is 0 Å². The number of rotatable bonds is 15. The van der Waals surface area contributed by atoms with Gasteiger partial charge in [0.15, 0.2) is 0 Å². The van der Waals surface area contributed by atoms with Crippen LogP contribution in [0.2, 0.25) is 0 Å². The predicted octanol–water partition coefficient (Wildman–Crippen LogP) is 9.33. The molecule has 0 spiro atoms. The molecule has 1 N–H and O–H groups in total. The number of esters is 1. The van der Waals surface area contributed by atoms with Gasteiger partial charge in [-0.05, 0) is 40.9 Å². The average Bonchev–Trinajstić information content (AvgIpc) is 2.74.